The number of nitrogens with two attached hydrogens (primary N) is 1. The molecule has 11 heteroatoms. The third kappa shape index (κ3) is 10.6. The van der Waals surface area contributed by atoms with Gasteiger partial charge in [0.2, 0.25) is 11.8 Å². The second-order valence-electron chi connectivity index (χ2n) is 12.6. The highest BCUT2D eigenvalue weighted by molar-refractivity contribution is 7.09. The second kappa shape index (κ2) is 18.3. The standard InChI is InChI=1S/C34H52N6O4S/c1-2-10-30(40(34(44)39-20-18-36-19-21-39)33(43)28(35)24-27-15-9-22-45-27)32(42)38-29(23-25-11-4-3-5-12-25)31(41)16-8-14-26-13-6-7-17-37-26/h6-7,9,13,15,17,22,25,28-31,36,41H,2-5,8,10-12,14,16,18-21,23-24,35H2,1H3,(H,38,42)/t28-,29-,30-,31-/m0/s1. The smallest absolute Gasteiger partial charge is 0.327 e. The van der Waals surface area contributed by atoms with E-state index in [2.05, 4.69) is 15.6 Å². The summed E-state index contributed by atoms with van der Waals surface area (Å²) in [6.07, 6.45) is 10.6. The maximum absolute atomic E-state index is 14.2. The number of hydrogen-bond donors (Lipinski definition) is 4. The number of aryl methyl sites for hydroxylation is 1. The number of nitrogens with zero attached hydrogens (tertiary/aromatic N) is 3. The van der Waals surface area contributed by atoms with Gasteiger partial charge in [-0.3, -0.25) is 19.5 Å². The Morgan fingerprint density at radius 2 is 1.91 bits per heavy atom. The molecule has 2 fully saturated rings. The van der Waals surface area contributed by atoms with Crippen molar-refractivity contribution in [1.82, 2.24) is 25.4 Å². The molecule has 248 valence electrons. The Morgan fingerprint density at radius 1 is 1.13 bits per heavy atom. The van der Waals surface area contributed by atoms with Crippen molar-refractivity contribution in [2.24, 2.45) is 11.7 Å². The molecule has 4 rings (SSSR count). The van der Waals surface area contributed by atoms with Crippen LogP contribution in [-0.2, 0) is 22.4 Å². The summed E-state index contributed by atoms with van der Waals surface area (Å²) in [5.74, 6) is -0.527. The zero-order valence-corrected chi connectivity index (χ0v) is 27.6. The number of aliphatic hydroxyl groups excluding tert-OH is 1. The Morgan fingerprint density at radius 3 is 2.58 bits per heavy atom. The Kier molecular flexibility index (Phi) is 14.3. The molecule has 1 saturated heterocycles. The number of thiophene rings is 1. The van der Waals surface area contributed by atoms with E-state index in [4.69, 9.17) is 5.73 Å². The first-order chi connectivity index (χ1) is 21.9. The molecule has 4 atom stereocenters. The first-order valence-corrected chi connectivity index (χ1v) is 17.7. The highest BCUT2D eigenvalue weighted by atomic mass is 32.1. The van der Waals surface area contributed by atoms with E-state index in [9.17, 15) is 19.5 Å². The summed E-state index contributed by atoms with van der Waals surface area (Å²) in [5.41, 5.74) is 7.41. The highest BCUT2D eigenvalue weighted by Crippen LogP contribution is 2.29. The number of urea groups is 1. The van der Waals surface area contributed by atoms with Crippen LogP contribution in [0.3, 0.4) is 0 Å². The number of imide groups is 1. The van der Waals surface area contributed by atoms with Gasteiger partial charge in [-0.25, -0.2) is 4.79 Å². The number of piperazine rings is 1. The lowest BCUT2D eigenvalue weighted by atomic mass is 9.83. The summed E-state index contributed by atoms with van der Waals surface area (Å²) in [7, 11) is 0. The van der Waals surface area contributed by atoms with Crippen molar-refractivity contribution >= 4 is 29.2 Å². The molecule has 1 aliphatic heterocycles. The molecule has 3 heterocycles. The first kappa shape index (κ1) is 35.0. The van der Waals surface area contributed by atoms with Crippen LogP contribution in [0.15, 0.2) is 41.9 Å². The van der Waals surface area contributed by atoms with Crippen molar-refractivity contribution in [3.8, 4) is 0 Å². The van der Waals surface area contributed by atoms with E-state index in [1.165, 1.54) is 17.8 Å². The SMILES string of the molecule is CCC[C@@H](C(=O)N[C@@H](CC1CCCCC1)[C@@H](O)CCCc1ccccn1)N(C(=O)[C@@H](N)Cc1cccs1)C(=O)N1CCNCC1. The molecule has 2 aromatic heterocycles. The normalized spacial score (nSPS) is 18.5. The molecule has 4 amide bonds. The number of amides is 4. The van der Waals surface area contributed by atoms with Crippen LogP contribution in [0.5, 0.6) is 0 Å². The number of carbonyl (C=O) groups excluding carboxylic acids is 3. The van der Waals surface area contributed by atoms with E-state index in [0.29, 0.717) is 64.2 Å². The van der Waals surface area contributed by atoms with Crippen molar-refractivity contribution in [2.45, 2.75) is 108 Å². The molecule has 2 aliphatic rings. The molecule has 0 spiro atoms. The van der Waals surface area contributed by atoms with Gasteiger partial charge in [0.25, 0.3) is 0 Å². The second-order valence-corrected chi connectivity index (χ2v) is 13.6. The molecule has 0 unspecified atom stereocenters. The average molecular weight is 641 g/mol. The number of hydrogen-bond acceptors (Lipinski definition) is 8. The fourth-order valence-corrected chi connectivity index (χ4v) is 7.33. The Labute approximate surface area is 272 Å². The maximum Gasteiger partial charge on any atom is 0.327 e. The van der Waals surface area contributed by atoms with Gasteiger partial charge in [0.05, 0.1) is 18.2 Å². The largest absolute Gasteiger partial charge is 0.391 e. The molecule has 2 aromatic rings. The summed E-state index contributed by atoms with van der Waals surface area (Å²) in [4.78, 5) is 50.3. The van der Waals surface area contributed by atoms with Gasteiger partial charge in [0.15, 0.2) is 0 Å². The quantitative estimate of drug-likeness (QED) is 0.232. The van der Waals surface area contributed by atoms with Crippen LogP contribution in [0.25, 0.3) is 0 Å². The fourth-order valence-electron chi connectivity index (χ4n) is 6.56. The zero-order valence-electron chi connectivity index (χ0n) is 26.7. The van der Waals surface area contributed by atoms with E-state index >= 15 is 0 Å². The predicted molar refractivity (Wildman–Crippen MR) is 178 cm³/mol. The van der Waals surface area contributed by atoms with E-state index in [-0.39, 0.29) is 0 Å². The number of pyridine rings is 1. The van der Waals surface area contributed by atoms with Crippen LogP contribution in [0, 0.1) is 5.92 Å². The minimum Gasteiger partial charge on any atom is -0.391 e. The summed E-state index contributed by atoms with van der Waals surface area (Å²) >= 11 is 1.51. The summed E-state index contributed by atoms with van der Waals surface area (Å²) < 4.78 is 0. The number of carbonyl (C=O) groups is 3. The van der Waals surface area contributed by atoms with Gasteiger partial charge < -0.3 is 26.4 Å². The molecule has 0 radical (unpaired) electrons. The molecule has 0 aromatic carbocycles. The van der Waals surface area contributed by atoms with Gasteiger partial charge >= 0.3 is 6.03 Å². The van der Waals surface area contributed by atoms with E-state index in [1.54, 1.807) is 11.1 Å². The van der Waals surface area contributed by atoms with Gasteiger partial charge in [0, 0.05) is 49.4 Å². The minimum atomic E-state index is -1.02. The summed E-state index contributed by atoms with van der Waals surface area (Å²) in [6.45, 7) is 4.07. The van der Waals surface area contributed by atoms with Gasteiger partial charge in [-0.15, -0.1) is 11.3 Å². The van der Waals surface area contributed by atoms with Crippen LogP contribution in [0.4, 0.5) is 4.79 Å². The van der Waals surface area contributed by atoms with Crippen molar-refractivity contribution in [1.29, 1.82) is 0 Å². The van der Waals surface area contributed by atoms with Crippen molar-refractivity contribution in [3.05, 3.63) is 52.5 Å². The summed E-state index contributed by atoms with van der Waals surface area (Å²) in [5, 5.41) is 19.8. The number of aliphatic hydroxyl groups is 1. The van der Waals surface area contributed by atoms with Gasteiger partial charge in [0.1, 0.15) is 6.04 Å². The topological polar surface area (TPSA) is 141 Å². The number of aromatic nitrogens is 1. The lowest BCUT2D eigenvalue weighted by molar-refractivity contribution is -0.139. The minimum absolute atomic E-state index is 0.293. The van der Waals surface area contributed by atoms with Crippen molar-refractivity contribution < 1.29 is 19.5 Å². The molecule has 1 aliphatic carbocycles. The lowest BCUT2D eigenvalue weighted by Gasteiger charge is -2.38. The van der Waals surface area contributed by atoms with Crippen LogP contribution < -0.4 is 16.4 Å². The van der Waals surface area contributed by atoms with Crippen molar-refractivity contribution in [2.75, 3.05) is 26.2 Å². The number of nitrogens with one attached hydrogen (secondary N) is 2. The van der Waals surface area contributed by atoms with Crippen molar-refractivity contribution in [3.63, 3.8) is 0 Å². The van der Waals surface area contributed by atoms with Crippen LogP contribution in [0.2, 0.25) is 0 Å². The van der Waals surface area contributed by atoms with Gasteiger partial charge in [-0.05, 0) is 61.6 Å². The predicted octanol–water partition coefficient (Wildman–Crippen LogP) is 3.87. The molecular formula is C34H52N6O4S. The molecular weight excluding hydrogens is 588 g/mol. The molecule has 0 bridgehead atoms. The molecule has 45 heavy (non-hydrogen) atoms. The van der Waals surface area contributed by atoms with Gasteiger partial charge in [-0.2, -0.15) is 0 Å². The van der Waals surface area contributed by atoms with Crippen LogP contribution in [0.1, 0.15) is 81.7 Å². The van der Waals surface area contributed by atoms with Crippen LogP contribution >= 0.6 is 11.3 Å². The number of rotatable bonds is 15. The third-order valence-electron chi connectivity index (χ3n) is 9.09. The van der Waals surface area contributed by atoms with E-state index < -0.39 is 42.1 Å². The van der Waals surface area contributed by atoms with E-state index in [0.717, 1.165) is 54.0 Å². The summed E-state index contributed by atoms with van der Waals surface area (Å²) in [6, 6.07) is 6.71. The van der Waals surface area contributed by atoms with Crippen LogP contribution in [-0.4, -0.2) is 88.1 Å². The maximum atomic E-state index is 14.2. The highest BCUT2D eigenvalue weighted by Gasteiger charge is 2.40. The zero-order chi connectivity index (χ0) is 32.0. The Bertz CT molecular complexity index is 1170. The molecule has 5 N–H and O–H groups in total. The third-order valence-corrected chi connectivity index (χ3v) is 9.99. The Balaban J connectivity index is 1.53. The average Bonchev–Trinajstić information content (AvgIpc) is 3.58. The molecule has 10 nitrogen and oxygen atoms in total. The first-order valence-electron chi connectivity index (χ1n) is 16.9. The lowest BCUT2D eigenvalue weighted by Crippen LogP contribution is -2.62. The van der Waals surface area contributed by atoms with E-state index in [1.807, 2.05) is 42.6 Å². The Hall–Kier alpha value is -2.86. The molecule has 1 saturated carbocycles. The fraction of sp³-hybridized carbons (Fsp3) is 0.647. The van der Waals surface area contributed by atoms with Gasteiger partial charge in [-0.1, -0.05) is 57.6 Å². The monoisotopic (exact) mass is 640 g/mol.